The van der Waals surface area contributed by atoms with Crippen molar-refractivity contribution in [2.45, 2.75) is 38.8 Å². The summed E-state index contributed by atoms with van der Waals surface area (Å²) in [7, 11) is 0. The number of aromatic nitrogens is 2. The van der Waals surface area contributed by atoms with Crippen LogP contribution in [0, 0.1) is 6.92 Å². The maximum atomic E-state index is 12.4. The lowest BCUT2D eigenvalue weighted by molar-refractivity contribution is -0.121. The Balaban J connectivity index is 1.37. The van der Waals surface area contributed by atoms with Crippen LogP contribution in [-0.2, 0) is 17.8 Å². The molecule has 150 valence electrons. The lowest BCUT2D eigenvalue weighted by atomic mass is 9.93. The quantitative estimate of drug-likeness (QED) is 0.675. The van der Waals surface area contributed by atoms with Crippen molar-refractivity contribution in [1.29, 1.82) is 0 Å². The summed E-state index contributed by atoms with van der Waals surface area (Å²) in [4.78, 5) is 24.5. The van der Waals surface area contributed by atoms with Crippen molar-refractivity contribution >= 4 is 11.8 Å². The van der Waals surface area contributed by atoms with E-state index in [0.717, 1.165) is 31.4 Å². The number of carbonyl (C=O) groups excluding carboxylic acids is 2. The van der Waals surface area contributed by atoms with Crippen molar-refractivity contribution < 1.29 is 14.0 Å². The van der Waals surface area contributed by atoms with Crippen molar-refractivity contribution in [3.05, 3.63) is 77.0 Å². The number of nitrogens with zero attached hydrogens (tertiary/aromatic N) is 2. The second-order valence-electron chi connectivity index (χ2n) is 7.28. The Morgan fingerprint density at radius 2 is 2.07 bits per heavy atom. The smallest absolute Gasteiger partial charge is 0.255 e. The molecule has 7 nitrogen and oxygen atoms in total. The molecule has 2 aromatic heterocycles. The number of hydrogen-bond donors (Lipinski definition) is 2. The van der Waals surface area contributed by atoms with Gasteiger partial charge in [-0.25, -0.2) is 0 Å². The molecule has 2 N–H and O–H groups in total. The van der Waals surface area contributed by atoms with Gasteiger partial charge in [-0.05, 0) is 37.8 Å². The summed E-state index contributed by atoms with van der Waals surface area (Å²) in [6.45, 7) is 2.36. The van der Waals surface area contributed by atoms with Crippen LogP contribution in [0.2, 0.25) is 0 Å². The zero-order valence-electron chi connectivity index (χ0n) is 16.4. The average Bonchev–Trinajstić information content (AvgIpc) is 3.34. The van der Waals surface area contributed by atoms with E-state index in [1.807, 2.05) is 29.1 Å². The van der Waals surface area contributed by atoms with Crippen molar-refractivity contribution in [2.75, 3.05) is 6.54 Å². The first-order chi connectivity index (χ1) is 14.1. The molecule has 0 fully saturated rings. The van der Waals surface area contributed by atoms with Crippen LogP contribution in [0.1, 0.15) is 51.8 Å². The number of fused-ring (bicyclic) bond motifs is 1. The van der Waals surface area contributed by atoms with Gasteiger partial charge in [0.25, 0.3) is 5.91 Å². The van der Waals surface area contributed by atoms with Gasteiger partial charge >= 0.3 is 0 Å². The van der Waals surface area contributed by atoms with Crippen LogP contribution in [0.15, 0.2) is 53.3 Å². The summed E-state index contributed by atoms with van der Waals surface area (Å²) in [6.07, 6.45) is 6.12. The number of aryl methyl sites for hydroxylation is 1. The summed E-state index contributed by atoms with van der Waals surface area (Å²) >= 11 is 0. The Bertz CT molecular complexity index is 1010. The van der Waals surface area contributed by atoms with Crippen LogP contribution in [0.25, 0.3) is 0 Å². The van der Waals surface area contributed by atoms with Crippen molar-refractivity contribution in [3.8, 4) is 0 Å². The maximum Gasteiger partial charge on any atom is 0.255 e. The number of rotatable bonds is 6. The molecule has 0 aliphatic heterocycles. The van der Waals surface area contributed by atoms with Gasteiger partial charge in [0, 0.05) is 11.3 Å². The Labute approximate surface area is 169 Å². The van der Waals surface area contributed by atoms with E-state index >= 15 is 0 Å². The Kier molecular flexibility index (Phi) is 5.46. The molecule has 1 atom stereocenters. The van der Waals surface area contributed by atoms with Gasteiger partial charge in [0.1, 0.15) is 5.76 Å². The summed E-state index contributed by atoms with van der Waals surface area (Å²) < 4.78 is 7.15. The van der Waals surface area contributed by atoms with E-state index in [9.17, 15) is 9.59 Å². The van der Waals surface area contributed by atoms with Gasteiger partial charge in [-0.2, -0.15) is 5.10 Å². The van der Waals surface area contributed by atoms with Crippen LogP contribution >= 0.6 is 0 Å². The van der Waals surface area contributed by atoms with Gasteiger partial charge in [-0.3, -0.25) is 14.3 Å². The predicted molar refractivity (Wildman–Crippen MR) is 107 cm³/mol. The van der Waals surface area contributed by atoms with Crippen molar-refractivity contribution in [3.63, 3.8) is 0 Å². The van der Waals surface area contributed by atoms with E-state index in [-0.39, 0.29) is 24.4 Å². The molecular weight excluding hydrogens is 368 g/mol. The van der Waals surface area contributed by atoms with E-state index in [2.05, 4.69) is 27.9 Å². The van der Waals surface area contributed by atoms with E-state index in [0.29, 0.717) is 11.3 Å². The Morgan fingerprint density at radius 1 is 1.24 bits per heavy atom. The highest BCUT2D eigenvalue weighted by atomic mass is 16.3. The molecule has 2 amide bonds. The van der Waals surface area contributed by atoms with E-state index < -0.39 is 0 Å². The number of amides is 2. The third-order valence-electron chi connectivity index (χ3n) is 5.29. The minimum absolute atomic E-state index is 0.0760. The van der Waals surface area contributed by atoms with E-state index in [1.54, 1.807) is 13.0 Å². The van der Waals surface area contributed by atoms with Gasteiger partial charge in [-0.15, -0.1) is 0 Å². The minimum atomic E-state index is -0.314. The molecule has 0 saturated heterocycles. The Hall–Kier alpha value is -3.35. The van der Waals surface area contributed by atoms with Gasteiger partial charge in [-0.1, -0.05) is 30.3 Å². The number of benzene rings is 1. The molecule has 1 aliphatic rings. The van der Waals surface area contributed by atoms with Crippen molar-refractivity contribution in [2.24, 2.45) is 0 Å². The molecule has 0 radical (unpaired) electrons. The van der Waals surface area contributed by atoms with Crippen LogP contribution in [0.4, 0.5) is 0 Å². The number of hydrogen-bond acceptors (Lipinski definition) is 4. The summed E-state index contributed by atoms with van der Waals surface area (Å²) in [5, 5.41) is 10.2. The van der Waals surface area contributed by atoms with Crippen LogP contribution < -0.4 is 10.6 Å². The molecule has 1 aliphatic carbocycles. The highest BCUT2D eigenvalue weighted by Gasteiger charge is 2.25. The zero-order chi connectivity index (χ0) is 20.2. The van der Waals surface area contributed by atoms with Gasteiger partial charge in [0.05, 0.1) is 37.2 Å². The topological polar surface area (TPSA) is 89.2 Å². The monoisotopic (exact) mass is 392 g/mol. The molecule has 29 heavy (non-hydrogen) atoms. The molecule has 1 unspecified atom stereocenters. The molecule has 0 spiro atoms. The highest BCUT2D eigenvalue weighted by molar-refractivity contribution is 5.97. The molecule has 3 aromatic rings. The molecule has 0 bridgehead atoms. The number of nitrogens with one attached hydrogen (secondary N) is 2. The fourth-order valence-electron chi connectivity index (χ4n) is 3.78. The second kappa shape index (κ2) is 8.34. The zero-order valence-corrected chi connectivity index (χ0v) is 16.4. The van der Waals surface area contributed by atoms with Gasteiger partial charge < -0.3 is 15.1 Å². The van der Waals surface area contributed by atoms with Gasteiger partial charge in [0.15, 0.2) is 0 Å². The molecule has 0 saturated carbocycles. The SMILES string of the molecule is Cc1occc1C(=O)NCC(=O)NC1CCCc2c1cnn2Cc1ccccc1. The standard InChI is InChI=1S/C22H24N4O3/c1-15-17(10-11-29-15)22(28)23-13-21(27)25-19-8-5-9-20-18(19)12-24-26(20)14-16-6-3-2-4-7-16/h2-4,6-7,10-12,19H,5,8-9,13-14H2,1H3,(H,23,28)(H,25,27). The van der Waals surface area contributed by atoms with Gasteiger partial charge in [0.2, 0.25) is 5.91 Å². The van der Waals surface area contributed by atoms with Crippen LogP contribution in [-0.4, -0.2) is 28.1 Å². The highest BCUT2D eigenvalue weighted by Crippen LogP contribution is 2.29. The summed E-state index contributed by atoms with van der Waals surface area (Å²) in [6, 6.07) is 11.7. The Morgan fingerprint density at radius 3 is 2.83 bits per heavy atom. The lowest BCUT2D eigenvalue weighted by Gasteiger charge is -2.24. The van der Waals surface area contributed by atoms with E-state index in [4.69, 9.17) is 4.42 Å². The average molecular weight is 392 g/mol. The first kappa shape index (κ1) is 19.0. The van der Waals surface area contributed by atoms with E-state index in [1.165, 1.54) is 17.5 Å². The fourth-order valence-corrected chi connectivity index (χ4v) is 3.78. The first-order valence-electron chi connectivity index (χ1n) is 9.82. The predicted octanol–water partition coefficient (Wildman–Crippen LogP) is 2.76. The summed E-state index contributed by atoms with van der Waals surface area (Å²) in [5.41, 5.74) is 3.88. The maximum absolute atomic E-state index is 12.4. The van der Waals surface area contributed by atoms with Crippen LogP contribution in [0.3, 0.4) is 0 Å². The number of carbonyl (C=O) groups is 2. The molecule has 4 rings (SSSR count). The third-order valence-corrected chi connectivity index (χ3v) is 5.29. The first-order valence-corrected chi connectivity index (χ1v) is 9.82. The molecule has 7 heteroatoms. The third kappa shape index (κ3) is 4.23. The summed E-state index contributed by atoms with van der Waals surface area (Å²) in [5.74, 6) is 0.00484. The molecular formula is C22H24N4O3. The van der Waals surface area contributed by atoms with Crippen molar-refractivity contribution in [1.82, 2.24) is 20.4 Å². The molecule has 1 aromatic carbocycles. The normalized spacial score (nSPS) is 15.6. The second-order valence-corrected chi connectivity index (χ2v) is 7.28. The largest absolute Gasteiger partial charge is 0.469 e. The number of furan rings is 1. The lowest BCUT2D eigenvalue weighted by Crippen LogP contribution is -2.39. The minimum Gasteiger partial charge on any atom is -0.469 e. The van der Waals surface area contributed by atoms with Crippen LogP contribution in [0.5, 0.6) is 0 Å². The fraction of sp³-hybridized carbons (Fsp3) is 0.318. The molecule has 2 heterocycles.